The molecular weight excluding hydrogens is 212 g/mol. The standard InChI is InChI=1S/C14H22N2O/c1-11-5-6-12(2)13(9-11)10-14(17)16(3)8-4-7-15/h5-6,9H,4,7-8,10,15H2,1-3H3. The maximum absolute atomic E-state index is 12.0. The predicted molar refractivity (Wildman–Crippen MR) is 70.9 cm³/mol. The van der Waals surface area contributed by atoms with Crippen LogP contribution in [0.15, 0.2) is 18.2 Å². The summed E-state index contributed by atoms with van der Waals surface area (Å²) in [4.78, 5) is 13.7. The lowest BCUT2D eigenvalue weighted by atomic mass is 10.0. The van der Waals surface area contributed by atoms with E-state index in [0.717, 1.165) is 18.5 Å². The van der Waals surface area contributed by atoms with Crippen LogP contribution in [-0.4, -0.2) is 30.9 Å². The molecule has 0 bridgehead atoms. The summed E-state index contributed by atoms with van der Waals surface area (Å²) in [6, 6.07) is 6.23. The number of nitrogens with two attached hydrogens (primary N) is 1. The number of aryl methyl sites for hydroxylation is 2. The van der Waals surface area contributed by atoms with E-state index in [0.29, 0.717) is 13.0 Å². The predicted octanol–water partition coefficient (Wildman–Crippen LogP) is 1.65. The molecule has 3 heteroatoms. The van der Waals surface area contributed by atoms with Gasteiger partial charge < -0.3 is 10.6 Å². The van der Waals surface area contributed by atoms with Crippen molar-refractivity contribution in [3.8, 4) is 0 Å². The Morgan fingerprint density at radius 1 is 1.35 bits per heavy atom. The van der Waals surface area contributed by atoms with E-state index >= 15 is 0 Å². The van der Waals surface area contributed by atoms with Crippen molar-refractivity contribution in [1.82, 2.24) is 4.90 Å². The fraction of sp³-hybridized carbons (Fsp3) is 0.500. The molecule has 17 heavy (non-hydrogen) atoms. The molecular formula is C14H22N2O. The fourth-order valence-electron chi connectivity index (χ4n) is 1.74. The van der Waals surface area contributed by atoms with E-state index in [-0.39, 0.29) is 5.91 Å². The molecule has 0 saturated carbocycles. The summed E-state index contributed by atoms with van der Waals surface area (Å²) in [6.07, 6.45) is 1.34. The van der Waals surface area contributed by atoms with Gasteiger partial charge in [-0.3, -0.25) is 4.79 Å². The molecule has 0 heterocycles. The Labute approximate surface area is 104 Å². The number of carbonyl (C=O) groups excluding carboxylic acids is 1. The van der Waals surface area contributed by atoms with Crippen molar-refractivity contribution in [1.29, 1.82) is 0 Å². The highest BCUT2D eigenvalue weighted by Gasteiger charge is 2.10. The molecule has 0 spiro atoms. The van der Waals surface area contributed by atoms with Gasteiger partial charge in [0.15, 0.2) is 0 Å². The minimum atomic E-state index is 0.159. The quantitative estimate of drug-likeness (QED) is 0.842. The number of rotatable bonds is 5. The zero-order valence-corrected chi connectivity index (χ0v) is 11.0. The second-order valence-corrected chi connectivity index (χ2v) is 4.56. The molecule has 0 fully saturated rings. The number of carbonyl (C=O) groups is 1. The Balaban J connectivity index is 2.64. The van der Waals surface area contributed by atoms with Gasteiger partial charge in [0, 0.05) is 13.6 Å². The van der Waals surface area contributed by atoms with Gasteiger partial charge in [-0.15, -0.1) is 0 Å². The number of benzene rings is 1. The summed E-state index contributed by atoms with van der Waals surface area (Å²) in [6.45, 7) is 5.45. The second-order valence-electron chi connectivity index (χ2n) is 4.56. The summed E-state index contributed by atoms with van der Waals surface area (Å²) in [5, 5.41) is 0. The van der Waals surface area contributed by atoms with Crippen molar-refractivity contribution in [2.24, 2.45) is 5.73 Å². The van der Waals surface area contributed by atoms with Crippen molar-refractivity contribution in [3.05, 3.63) is 34.9 Å². The van der Waals surface area contributed by atoms with Gasteiger partial charge >= 0.3 is 0 Å². The van der Waals surface area contributed by atoms with Crippen molar-refractivity contribution in [2.75, 3.05) is 20.1 Å². The molecule has 0 aliphatic heterocycles. The monoisotopic (exact) mass is 234 g/mol. The largest absolute Gasteiger partial charge is 0.345 e. The average Bonchev–Trinajstić information content (AvgIpc) is 2.30. The Kier molecular flexibility index (Phi) is 5.16. The minimum Gasteiger partial charge on any atom is -0.345 e. The average molecular weight is 234 g/mol. The summed E-state index contributed by atoms with van der Waals surface area (Å²) in [5.41, 5.74) is 8.93. The zero-order valence-electron chi connectivity index (χ0n) is 11.0. The lowest BCUT2D eigenvalue weighted by Gasteiger charge is -2.17. The van der Waals surface area contributed by atoms with Gasteiger partial charge in [0.2, 0.25) is 5.91 Å². The lowest BCUT2D eigenvalue weighted by molar-refractivity contribution is -0.129. The van der Waals surface area contributed by atoms with E-state index < -0.39 is 0 Å². The molecule has 0 aliphatic carbocycles. The molecule has 1 rings (SSSR count). The molecule has 0 aliphatic rings. The molecule has 94 valence electrons. The van der Waals surface area contributed by atoms with E-state index in [1.807, 2.05) is 20.9 Å². The molecule has 0 saturated heterocycles. The number of likely N-dealkylation sites (N-methyl/N-ethyl adjacent to an activating group) is 1. The van der Waals surface area contributed by atoms with Crippen LogP contribution in [0.2, 0.25) is 0 Å². The van der Waals surface area contributed by atoms with Crippen LogP contribution in [0.5, 0.6) is 0 Å². The molecule has 0 aromatic heterocycles. The SMILES string of the molecule is Cc1ccc(C)c(CC(=O)N(C)CCCN)c1. The molecule has 0 radical (unpaired) electrons. The van der Waals surface area contributed by atoms with Gasteiger partial charge in [-0.05, 0) is 37.9 Å². The van der Waals surface area contributed by atoms with E-state index in [4.69, 9.17) is 5.73 Å². The molecule has 0 unspecified atom stereocenters. The fourth-order valence-corrected chi connectivity index (χ4v) is 1.74. The van der Waals surface area contributed by atoms with E-state index in [9.17, 15) is 4.79 Å². The summed E-state index contributed by atoms with van der Waals surface area (Å²) in [5.74, 6) is 0.159. The van der Waals surface area contributed by atoms with Crippen LogP contribution in [0.3, 0.4) is 0 Å². The topological polar surface area (TPSA) is 46.3 Å². The molecule has 1 aromatic carbocycles. The summed E-state index contributed by atoms with van der Waals surface area (Å²) >= 11 is 0. The second kappa shape index (κ2) is 6.40. The summed E-state index contributed by atoms with van der Waals surface area (Å²) < 4.78 is 0. The maximum atomic E-state index is 12.0. The van der Waals surface area contributed by atoms with Gasteiger partial charge in [-0.1, -0.05) is 23.8 Å². The van der Waals surface area contributed by atoms with Crippen LogP contribution >= 0.6 is 0 Å². The van der Waals surface area contributed by atoms with E-state index in [1.165, 1.54) is 11.1 Å². The van der Waals surface area contributed by atoms with Crippen molar-refractivity contribution in [3.63, 3.8) is 0 Å². The van der Waals surface area contributed by atoms with Crippen molar-refractivity contribution in [2.45, 2.75) is 26.7 Å². The normalized spacial score (nSPS) is 10.4. The number of hydrogen-bond donors (Lipinski definition) is 1. The minimum absolute atomic E-state index is 0.159. The first-order valence-electron chi connectivity index (χ1n) is 6.04. The molecule has 1 aromatic rings. The van der Waals surface area contributed by atoms with Crippen LogP contribution in [0, 0.1) is 13.8 Å². The van der Waals surface area contributed by atoms with E-state index in [2.05, 4.69) is 18.2 Å². The van der Waals surface area contributed by atoms with Crippen LogP contribution in [0.4, 0.5) is 0 Å². The Bertz CT molecular complexity index is 388. The van der Waals surface area contributed by atoms with E-state index in [1.54, 1.807) is 4.90 Å². The number of nitrogens with zero attached hydrogens (tertiary/aromatic N) is 1. The van der Waals surface area contributed by atoms with Gasteiger partial charge in [0.25, 0.3) is 0 Å². The smallest absolute Gasteiger partial charge is 0.226 e. The highest BCUT2D eigenvalue weighted by atomic mass is 16.2. The van der Waals surface area contributed by atoms with Gasteiger partial charge in [-0.2, -0.15) is 0 Å². The number of amides is 1. The highest BCUT2D eigenvalue weighted by Crippen LogP contribution is 2.12. The molecule has 3 nitrogen and oxygen atoms in total. The van der Waals surface area contributed by atoms with Crippen LogP contribution < -0.4 is 5.73 Å². The molecule has 0 atom stereocenters. The Morgan fingerprint density at radius 3 is 2.71 bits per heavy atom. The summed E-state index contributed by atoms with van der Waals surface area (Å²) in [7, 11) is 1.84. The van der Waals surface area contributed by atoms with Crippen molar-refractivity contribution < 1.29 is 4.79 Å². The van der Waals surface area contributed by atoms with Gasteiger partial charge in [0.05, 0.1) is 6.42 Å². The lowest BCUT2D eigenvalue weighted by Crippen LogP contribution is -2.30. The third-order valence-corrected chi connectivity index (χ3v) is 2.97. The third-order valence-electron chi connectivity index (χ3n) is 2.97. The Morgan fingerprint density at radius 2 is 2.06 bits per heavy atom. The van der Waals surface area contributed by atoms with Gasteiger partial charge in [0.1, 0.15) is 0 Å². The van der Waals surface area contributed by atoms with Crippen molar-refractivity contribution >= 4 is 5.91 Å². The highest BCUT2D eigenvalue weighted by molar-refractivity contribution is 5.78. The first kappa shape index (κ1) is 13.7. The maximum Gasteiger partial charge on any atom is 0.226 e. The van der Waals surface area contributed by atoms with Crippen LogP contribution in [0.1, 0.15) is 23.1 Å². The third kappa shape index (κ3) is 4.19. The Hall–Kier alpha value is -1.35. The molecule has 2 N–H and O–H groups in total. The van der Waals surface area contributed by atoms with Crippen LogP contribution in [-0.2, 0) is 11.2 Å². The van der Waals surface area contributed by atoms with Gasteiger partial charge in [-0.25, -0.2) is 0 Å². The molecule has 1 amide bonds. The van der Waals surface area contributed by atoms with Crippen LogP contribution in [0.25, 0.3) is 0 Å². The zero-order chi connectivity index (χ0) is 12.8. The first-order chi connectivity index (χ1) is 8.04. The number of hydrogen-bond acceptors (Lipinski definition) is 2. The first-order valence-corrected chi connectivity index (χ1v) is 6.04.